The lowest BCUT2D eigenvalue weighted by molar-refractivity contribution is -0.131. The summed E-state index contributed by atoms with van der Waals surface area (Å²) < 4.78 is 6.99. The highest BCUT2D eigenvalue weighted by Crippen LogP contribution is 2.15. The second-order valence-electron chi connectivity index (χ2n) is 4.33. The van der Waals surface area contributed by atoms with Crippen LogP contribution in [0.1, 0.15) is 23.9 Å². The summed E-state index contributed by atoms with van der Waals surface area (Å²) in [6.45, 7) is 6.07. The number of esters is 1. The van der Waals surface area contributed by atoms with Crippen molar-refractivity contribution in [3.05, 3.63) is 47.3 Å². The molecular formula is C14H16N2O2. The van der Waals surface area contributed by atoms with Crippen molar-refractivity contribution in [2.75, 3.05) is 0 Å². The third-order valence-corrected chi connectivity index (χ3v) is 2.60. The maximum atomic E-state index is 10.9. The smallest absolute Gasteiger partial charge is 0.308 e. The molecule has 1 aromatic carbocycles. The molecule has 2 rings (SSSR count). The van der Waals surface area contributed by atoms with Crippen molar-refractivity contribution in [2.24, 2.45) is 0 Å². The van der Waals surface area contributed by atoms with E-state index in [9.17, 15) is 4.79 Å². The molecule has 0 N–H and O–H groups in total. The van der Waals surface area contributed by atoms with E-state index < -0.39 is 0 Å². The Morgan fingerprint density at radius 3 is 2.72 bits per heavy atom. The first-order valence-electron chi connectivity index (χ1n) is 5.83. The lowest BCUT2D eigenvalue weighted by atomic mass is 10.2. The molecule has 1 heterocycles. The van der Waals surface area contributed by atoms with Gasteiger partial charge in [-0.25, -0.2) is 0 Å². The summed E-state index contributed by atoms with van der Waals surface area (Å²) in [6, 6.07) is 9.53. The Morgan fingerprint density at radius 1 is 1.33 bits per heavy atom. The molecule has 0 saturated heterocycles. The van der Waals surface area contributed by atoms with Gasteiger partial charge in [0.25, 0.3) is 0 Å². The number of ether oxygens (including phenoxy) is 1. The summed E-state index contributed by atoms with van der Waals surface area (Å²) in [4.78, 5) is 10.9. The fourth-order valence-electron chi connectivity index (χ4n) is 1.88. The van der Waals surface area contributed by atoms with Gasteiger partial charge in [0.05, 0.1) is 12.2 Å². The zero-order chi connectivity index (χ0) is 13.1. The fourth-order valence-corrected chi connectivity index (χ4v) is 1.88. The number of nitrogens with zero attached hydrogens (tertiary/aromatic N) is 2. The molecule has 2 aromatic rings. The Morgan fingerprint density at radius 2 is 2.11 bits per heavy atom. The molecule has 0 aliphatic carbocycles. The SMILES string of the molecule is CC(=O)Oc1cccc(Cn2nc(C)cc2C)c1. The van der Waals surface area contributed by atoms with Gasteiger partial charge in [-0.3, -0.25) is 9.48 Å². The summed E-state index contributed by atoms with van der Waals surface area (Å²) in [7, 11) is 0. The standard InChI is InChI=1S/C14H16N2O2/c1-10-7-11(2)16(15-10)9-13-5-4-6-14(8-13)18-12(3)17/h4-8H,9H2,1-3H3. The van der Waals surface area contributed by atoms with Gasteiger partial charge in [0.1, 0.15) is 5.75 Å². The van der Waals surface area contributed by atoms with E-state index in [0.29, 0.717) is 12.3 Å². The van der Waals surface area contributed by atoms with Gasteiger partial charge in [0.15, 0.2) is 0 Å². The monoisotopic (exact) mass is 244 g/mol. The predicted molar refractivity (Wildman–Crippen MR) is 68.6 cm³/mol. The molecule has 0 spiro atoms. The van der Waals surface area contributed by atoms with Crippen molar-refractivity contribution in [1.82, 2.24) is 9.78 Å². The molecule has 4 nitrogen and oxygen atoms in total. The second-order valence-corrected chi connectivity index (χ2v) is 4.33. The molecule has 1 aromatic heterocycles. The molecule has 0 unspecified atom stereocenters. The van der Waals surface area contributed by atoms with Crippen LogP contribution in [0.5, 0.6) is 5.75 Å². The first-order valence-corrected chi connectivity index (χ1v) is 5.83. The minimum absolute atomic E-state index is 0.307. The second kappa shape index (κ2) is 5.04. The predicted octanol–water partition coefficient (Wildman–Crippen LogP) is 2.47. The topological polar surface area (TPSA) is 44.1 Å². The average molecular weight is 244 g/mol. The van der Waals surface area contributed by atoms with Crippen molar-refractivity contribution >= 4 is 5.97 Å². The molecule has 18 heavy (non-hydrogen) atoms. The summed E-state index contributed by atoms with van der Waals surface area (Å²) >= 11 is 0. The number of hydrogen-bond acceptors (Lipinski definition) is 3. The van der Waals surface area contributed by atoms with Gasteiger partial charge in [-0.15, -0.1) is 0 Å². The van der Waals surface area contributed by atoms with Gasteiger partial charge >= 0.3 is 5.97 Å². The Hall–Kier alpha value is -2.10. The van der Waals surface area contributed by atoms with E-state index in [0.717, 1.165) is 17.0 Å². The van der Waals surface area contributed by atoms with Gasteiger partial charge in [-0.1, -0.05) is 12.1 Å². The largest absolute Gasteiger partial charge is 0.427 e. The van der Waals surface area contributed by atoms with E-state index >= 15 is 0 Å². The van der Waals surface area contributed by atoms with Gasteiger partial charge in [-0.05, 0) is 37.6 Å². The molecule has 0 aliphatic heterocycles. The quantitative estimate of drug-likeness (QED) is 0.615. The van der Waals surface area contributed by atoms with Crippen LogP contribution in [-0.2, 0) is 11.3 Å². The average Bonchev–Trinajstić information content (AvgIpc) is 2.57. The van der Waals surface area contributed by atoms with Crippen LogP contribution in [0.2, 0.25) is 0 Å². The number of hydrogen-bond donors (Lipinski definition) is 0. The number of benzene rings is 1. The maximum Gasteiger partial charge on any atom is 0.308 e. The van der Waals surface area contributed by atoms with Crippen molar-refractivity contribution in [3.8, 4) is 5.75 Å². The molecule has 0 bridgehead atoms. The van der Waals surface area contributed by atoms with Gasteiger partial charge < -0.3 is 4.74 Å². The summed E-state index contributed by atoms with van der Waals surface area (Å²) in [6.07, 6.45) is 0. The molecule has 0 aliphatic rings. The van der Waals surface area contributed by atoms with Crippen LogP contribution in [0.4, 0.5) is 0 Å². The third-order valence-electron chi connectivity index (χ3n) is 2.60. The summed E-state index contributed by atoms with van der Waals surface area (Å²) in [5, 5.41) is 4.41. The maximum absolute atomic E-state index is 10.9. The van der Waals surface area contributed by atoms with Crippen LogP contribution in [0.15, 0.2) is 30.3 Å². The van der Waals surface area contributed by atoms with E-state index in [1.165, 1.54) is 6.92 Å². The Labute approximate surface area is 106 Å². The van der Waals surface area contributed by atoms with Crippen molar-refractivity contribution in [2.45, 2.75) is 27.3 Å². The molecule has 0 amide bonds. The molecular weight excluding hydrogens is 228 g/mol. The highest BCUT2D eigenvalue weighted by Gasteiger charge is 2.04. The number of carbonyl (C=O) groups is 1. The molecule has 0 fully saturated rings. The summed E-state index contributed by atoms with van der Waals surface area (Å²) in [5.41, 5.74) is 3.17. The van der Waals surface area contributed by atoms with Crippen molar-refractivity contribution in [3.63, 3.8) is 0 Å². The molecule has 0 atom stereocenters. The lowest BCUT2D eigenvalue weighted by Crippen LogP contribution is -2.05. The fraction of sp³-hybridized carbons (Fsp3) is 0.286. The number of aryl methyl sites for hydroxylation is 2. The lowest BCUT2D eigenvalue weighted by Gasteiger charge is -2.07. The Balaban J connectivity index is 2.19. The minimum atomic E-state index is -0.307. The van der Waals surface area contributed by atoms with E-state index in [-0.39, 0.29) is 5.97 Å². The number of carbonyl (C=O) groups excluding carboxylic acids is 1. The summed E-state index contributed by atoms with van der Waals surface area (Å²) in [5.74, 6) is 0.264. The van der Waals surface area contributed by atoms with Gasteiger partial charge in [-0.2, -0.15) is 5.10 Å². The first-order chi connectivity index (χ1) is 8.54. The normalized spacial score (nSPS) is 10.4. The van der Waals surface area contributed by atoms with E-state index in [1.54, 1.807) is 6.07 Å². The Kier molecular flexibility index (Phi) is 3.46. The number of rotatable bonds is 3. The Bertz CT molecular complexity index is 573. The van der Waals surface area contributed by atoms with Gasteiger partial charge in [0.2, 0.25) is 0 Å². The molecule has 0 saturated carbocycles. The van der Waals surface area contributed by atoms with Crippen molar-refractivity contribution in [1.29, 1.82) is 0 Å². The highest BCUT2D eigenvalue weighted by atomic mass is 16.5. The minimum Gasteiger partial charge on any atom is -0.427 e. The van der Waals surface area contributed by atoms with Crippen LogP contribution in [0.3, 0.4) is 0 Å². The van der Waals surface area contributed by atoms with Crippen LogP contribution >= 0.6 is 0 Å². The van der Waals surface area contributed by atoms with E-state index in [4.69, 9.17) is 4.74 Å². The first kappa shape index (κ1) is 12.4. The highest BCUT2D eigenvalue weighted by molar-refractivity contribution is 5.69. The third kappa shape index (κ3) is 2.97. The zero-order valence-electron chi connectivity index (χ0n) is 10.8. The van der Waals surface area contributed by atoms with E-state index in [2.05, 4.69) is 5.10 Å². The molecule has 4 heteroatoms. The van der Waals surface area contributed by atoms with Crippen molar-refractivity contribution < 1.29 is 9.53 Å². The van der Waals surface area contributed by atoms with Crippen LogP contribution in [0, 0.1) is 13.8 Å². The van der Waals surface area contributed by atoms with Gasteiger partial charge in [0, 0.05) is 12.6 Å². The van der Waals surface area contributed by atoms with Crippen LogP contribution in [0.25, 0.3) is 0 Å². The van der Waals surface area contributed by atoms with E-state index in [1.807, 2.05) is 42.8 Å². The zero-order valence-corrected chi connectivity index (χ0v) is 10.8. The molecule has 0 radical (unpaired) electrons. The van der Waals surface area contributed by atoms with Crippen LogP contribution < -0.4 is 4.74 Å². The number of aromatic nitrogens is 2. The molecule has 94 valence electrons. The van der Waals surface area contributed by atoms with Crippen LogP contribution in [-0.4, -0.2) is 15.7 Å².